The molecule has 1 N–H and O–H groups in total. The van der Waals surface area contributed by atoms with Crippen LogP contribution in [-0.2, 0) is 33.3 Å². The number of aldehydes is 1. The van der Waals surface area contributed by atoms with Crippen LogP contribution in [0.2, 0.25) is 0 Å². The first kappa shape index (κ1) is 18.8. The number of amides is 3. The zero-order chi connectivity index (χ0) is 20.6. The molecule has 3 amide bonds. The average molecular weight is 386 g/mol. The maximum Gasteiger partial charge on any atom is 0.330 e. The number of fused-ring (bicyclic) bond motifs is 3. The van der Waals surface area contributed by atoms with Crippen molar-refractivity contribution in [2.45, 2.75) is 57.9 Å². The fourth-order valence-electron chi connectivity index (χ4n) is 5.52. The summed E-state index contributed by atoms with van der Waals surface area (Å²) in [5.41, 5.74) is 0.257. The second-order valence-electron chi connectivity index (χ2n) is 9.17. The minimum atomic E-state index is -0.969. The zero-order valence-corrected chi connectivity index (χ0v) is 16.9. The van der Waals surface area contributed by atoms with Gasteiger partial charge in [-0.3, -0.25) is 14.3 Å². The molecule has 2 aliphatic carbocycles. The van der Waals surface area contributed by atoms with Crippen molar-refractivity contribution in [1.29, 1.82) is 0 Å². The summed E-state index contributed by atoms with van der Waals surface area (Å²) in [6, 6.07) is -0.453. The number of imide groups is 1. The molecule has 0 spiro atoms. The zero-order valence-electron chi connectivity index (χ0n) is 16.9. The van der Waals surface area contributed by atoms with Crippen LogP contribution in [0.15, 0.2) is 0 Å². The van der Waals surface area contributed by atoms with Crippen LogP contribution < -0.4 is 10.2 Å². The summed E-state index contributed by atoms with van der Waals surface area (Å²) >= 11 is 0. The van der Waals surface area contributed by atoms with E-state index in [0.717, 1.165) is 24.0 Å². The number of anilines is 1. The van der Waals surface area contributed by atoms with Gasteiger partial charge in [0.05, 0.1) is 11.6 Å². The monoisotopic (exact) mass is 386 g/mol. The fourth-order valence-corrected chi connectivity index (χ4v) is 5.52. The summed E-state index contributed by atoms with van der Waals surface area (Å²) in [5, 5.41) is 7.43. The lowest BCUT2D eigenvalue weighted by molar-refractivity contribution is -0.137. The third kappa shape index (κ3) is 2.26. The van der Waals surface area contributed by atoms with Crippen molar-refractivity contribution in [1.82, 2.24) is 15.1 Å². The number of aryl methyl sites for hydroxylation is 1. The summed E-state index contributed by atoms with van der Waals surface area (Å²) in [7, 11) is 1.73. The van der Waals surface area contributed by atoms with Crippen LogP contribution in [0.1, 0.15) is 51.8 Å². The molecule has 0 bridgehead atoms. The van der Waals surface area contributed by atoms with E-state index < -0.39 is 22.9 Å². The highest BCUT2D eigenvalue weighted by Crippen LogP contribution is 2.53. The summed E-state index contributed by atoms with van der Waals surface area (Å²) < 4.78 is 1.59. The lowest BCUT2D eigenvalue weighted by atomic mass is 9.54. The lowest BCUT2D eigenvalue weighted by Gasteiger charge is -2.48. The molecule has 28 heavy (non-hydrogen) atoms. The second kappa shape index (κ2) is 5.75. The van der Waals surface area contributed by atoms with Gasteiger partial charge in [-0.05, 0) is 39.0 Å². The predicted molar refractivity (Wildman–Crippen MR) is 101 cm³/mol. The standard InChI is InChI=1S/C20H26N4O4/c1-10-13-7-6-12-15(20(13,4)8-11(9-25)14(10)26)22-23(5)16(12)24-17(27)19(2,3)21-18(24)28/h9-11,13H,6-8H2,1-5H3,(H,21,28)/t10-,11?,13-,20-/m0/s1. The van der Waals surface area contributed by atoms with Gasteiger partial charge in [-0.15, -0.1) is 0 Å². The van der Waals surface area contributed by atoms with Gasteiger partial charge in [0, 0.05) is 23.9 Å². The van der Waals surface area contributed by atoms with Crippen LogP contribution >= 0.6 is 0 Å². The number of hydrogen-bond donors (Lipinski definition) is 1. The number of carbonyl (C=O) groups is 4. The van der Waals surface area contributed by atoms with E-state index >= 15 is 0 Å². The van der Waals surface area contributed by atoms with Gasteiger partial charge in [0.1, 0.15) is 23.4 Å². The Morgan fingerprint density at radius 1 is 1.21 bits per heavy atom. The van der Waals surface area contributed by atoms with Gasteiger partial charge in [0.2, 0.25) is 0 Å². The van der Waals surface area contributed by atoms with E-state index in [-0.39, 0.29) is 23.5 Å². The average Bonchev–Trinajstić information content (AvgIpc) is 3.05. The van der Waals surface area contributed by atoms with Crippen molar-refractivity contribution >= 4 is 29.8 Å². The highest BCUT2D eigenvalue weighted by Gasteiger charge is 2.55. The predicted octanol–water partition coefficient (Wildman–Crippen LogP) is 1.50. The number of nitrogens with one attached hydrogen (secondary N) is 1. The van der Waals surface area contributed by atoms with Gasteiger partial charge >= 0.3 is 6.03 Å². The quantitative estimate of drug-likeness (QED) is 0.471. The summed E-state index contributed by atoms with van der Waals surface area (Å²) in [4.78, 5) is 50.7. The molecule has 1 saturated heterocycles. The molecule has 4 atom stereocenters. The molecule has 150 valence electrons. The molecule has 1 aromatic heterocycles. The summed E-state index contributed by atoms with van der Waals surface area (Å²) in [5.74, 6) is -0.575. The molecule has 4 rings (SSSR count). The molecular formula is C20H26N4O4. The maximum absolute atomic E-state index is 12.8. The highest BCUT2D eigenvalue weighted by atomic mass is 16.2. The molecule has 1 saturated carbocycles. The minimum Gasteiger partial charge on any atom is -0.323 e. The molecule has 3 aliphatic rings. The van der Waals surface area contributed by atoms with Gasteiger partial charge in [-0.2, -0.15) is 5.10 Å². The SMILES string of the molecule is C[C@@H]1C(=O)C(C=O)C[C@]2(C)c3nn(C)c(N4C(=O)NC(C)(C)C4=O)c3CC[C@@H]12. The Morgan fingerprint density at radius 3 is 2.46 bits per heavy atom. The number of carbonyl (C=O) groups excluding carboxylic acids is 4. The summed E-state index contributed by atoms with van der Waals surface area (Å²) in [6.07, 6.45) is 2.56. The molecular weight excluding hydrogens is 360 g/mol. The van der Waals surface area contributed by atoms with Crippen molar-refractivity contribution in [2.24, 2.45) is 24.8 Å². The van der Waals surface area contributed by atoms with E-state index in [4.69, 9.17) is 5.10 Å². The number of nitrogens with zero attached hydrogens (tertiary/aromatic N) is 3. The normalized spacial score (nSPS) is 34.1. The van der Waals surface area contributed by atoms with E-state index in [2.05, 4.69) is 12.2 Å². The van der Waals surface area contributed by atoms with E-state index in [1.807, 2.05) is 6.92 Å². The third-order valence-corrected chi connectivity index (χ3v) is 6.98. The van der Waals surface area contributed by atoms with Crippen molar-refractivity contribution in [3.63, 3.8) is 0 Å². The van der Waals surface area contributed by atoms with Crippen LogP contribution in [0, 0.1) is 17.8 Å². The molecule has 2 fully saturated rings. The number of Topliss-reactive ketones (excluding diaryl/α,β-unsaturated/α-hetero) is 1. The van der Waals surface area contributed by atoms with Crippen molar-refractivity contribution in [3.8, 4) is 0 Å². The summed E-state index contributed by atoms with van der Waals surface area (Å²) in [6.45, 7) is 7.31. The lowest BCUT2D eigenvalue weighted by Crippen LogP contribution is -2.51. The van der Waals surface area contributed by atoms with Crippen molar-refractivity contribution < 1.29 is 19.2 Å². The third-order valence-electron chi connectivity index (χ3n) is 6.98. The second-order valence-corrected chi connectivity index (χ2v) is 9.17. The first-order chi connectivity index (χ1) is 13.0. The number of rotatable bonds is 2. The van der Waals surface area contributed by atoms with Crippen molar-refractivity contribution in [2.75, 3.05) is 4.90 Å². The van der Waals surface area contributed by atoms with E-state index in [1.165, 1.54) is 4.90 Å². The number of aromatic nitrogens is 2. The van der Waals surface area contributed by atoms with Crippen LogP contribution in [0.3, 0.4) is 0 Å². The largest absolute Gasteiger partial charge is 0.330 e. The van der Waals surface area contributed by atoms with E-state index in [9.17, 15) is 19.2 Å². The van der Waals surface area contributed by atoms with E-state index in [0.29, 0.717) is 18.7 Å². The van der Waals surface area contributed by atoms with E-state index in [1.54, 1.807) is 25.6 Å². The van der Waals surface area contributed by atoms with Gasteiger partial charge in [0.15, 0.2) is 0 Å². The molecule has 0 radical (unpaired) electrons. The number of urea groups is 1. The number of hydrogen-bond acceptors (Lipinski definition) is 5. The molecule has 1 unspecified atom stereocenters. The topological polar surface area (TPSA) is 101 Å². The highest BCUT2D eigenvalue weighted by molar-refractivity contribution is 6.23. The van der Waals surface area contributed by atoms with Gasteiger partial charge < -0.3 is 10.1 Å². The van der Waals surface area contributed by atoms with Gasteiger partial charge in [-0.25, -0.2) is 9.69 Å². The first-order valence-corrected chi connectivity index (χ1v) is 9.75. The molecule has 0 aromatic carbocycles. The maximum atomic E-state index is 12.8. The van der Waals surface area contributed by atoms with Gasteiger partial charge in [0.25, 0.3) is 5.91 Å². The molecule has 1 aliphatic heterocycles. The molecule has 8 heteroatoms. The van der Waals surface area contributed by atoms with Crippen LogP contribution in [0.4, 0.5) is 10.6 Å². The van der Waals surface area contributed by atoms with Crippen LogP contribution in [0.25, 0.3) is 0 Å². The Bertz CT molecular complexity index is 918. The first-order valence-electron chi connectivity index (χ1n) is 9.75. The molecule has 8 nitrogen and oxygen atoms in total. The Balaban J connectivity index is 1.84. The minimum absolute atomic E-state index is 0.00734. The molecule has 1 aromatic rings. The van der Waals surface area contributed by atoms with Crippen molar-refractivity contribution in [3.05, 3.63) is 11.3 Å². The Labute approximate surface area is 163 Å². The Hall–Kier alpha value is -2.51. The molecule has 2 heterocycles. The smallest absolute Gasteiger partial charge is 0.323 e. The fraction of sp³-hybridized carbons (Fsp3) is 0.650. The van der Waals surface area contributed by atoms with Crippen LogP contribution in [-0.4, -0.2) is 39.3 Å². The van der Waals surface area contributed by atoms with Gasteiger partial charge in [-0.1, -0.05) is 13.8 Å². The Morgan fingerprint density at radius 2 is 1.89 bits per heavy atom. The number of ketones is 1. The Kier molecular flexibility index (Phi) is 3.87. The van der Waals surface area contributed by atoms with Crippen LogP contribution in [0.5, 0.6) is 0 Å².